The fraction of sp³-hybridized carbons (Fsp3) is 0.111. The Morgan fingerprint density at radius 1 is 1.19 bits per heavy atom. The SMILES string of the molecule is N#Cc1nccc2cc(N3[C@@H](c4ccc(Cl)cc4)CNS3(=O)=O)ccc12. The lowest BCUT2D eigenvalue weighted by atomic mass is 10.1. The third-order valence-electron chi connectivity index (χ3n) is 4.36. The molecule has 2 aromatic carbocycles. The van der Waals surface area contributed by atoms with Crippen LogP contribution in [0.3, 0.4) is 0 Å². The van der Waals surface area contributed by atoms with Gasteiger partial charge in [0.05, 0.1) is 11.7 Å². The lowest BCUT2D eigenvalue weighted by Crippen LogP contribution is -2.30. The van der Waals surface area contributed by atoms with E-state index in [9.17, 15) is 13.7 Å². The number of aromatic nitrogens is 1. The zero-order chi connectivity index (χ0) is 18.3. The second-order valence-corrected chi connectivity index (χ2v) is 7.96. The van der Waals surface area contributed by atoms with Crippen molar-refractivity contribution < 1.29 is 8.42 Å². The summed E-state index contributed by atoms with van der Waals surface area (Å²) in [6.45, 7) is 0.266. The maximum atomic E-state index is 12.6. The zero-order valence-electron chi connectivity index (χ0n) is 13.4. The van der Waals surface area contributed by atoms with Crippen LogP contribution in [0.5, 0.6) is 0 Å². The minimum absolute atomic E-state index is 0.266. The molecule has 1 atom stereocenters. The molecule has 0 spiro atoms. The van der Waals surface area contributed by atoms with Gasteiger partial charge in [-0.15, -0.1) is 0 Å². The predicted octanol–water partition coefficient (Wildman–Crippen LogP) is 3.16. The Morgan fingerprint density at radius 3 is 2.69 bits per heavy atom. The summed E-state index contributed by atoms with van der Waals surface area (Å²) < 4.78 is 29.1. The van der Waals surface area contributed by atoms with Crippen LogP contribution in [0.1, 0.15) is 17.3 Å². The van der Waals surface area contributed by atoms with Crippen molar-refractivity contribution in [2.24, 2.45) is 0 Å². The number of benzene rings is 2. The molecule has 2 heterocycles. The molecule has 1 aliphatic rings. The van der Waals surface area contributed by atoms with E-state index in [1.807, 2.05) is 18.2 Å². The van der Waals surface area contributed by atoms with E-state index in [0.717, 1.165) is 10.9 Å². The van der Waals surface area contributed by atoms with Gasteiger partial charge in [-0.3, -0.25) is 0 Å². The van der Waals surface area contributed by atoms with E-state index in [2.05, 4.69) is 9.71 Å². The topological polar surface area (TPSA) is 86.1 Å². The number of rotatable bonds is 2. The summed E-state index contributed by atoms with van der Waals surface area (Å²) in [4.78, 5) is 4.03. The Balaban J connectivity index is 1.84. The highest BCUT2D eigenvalue weighted by Crippen LogP contribution is 2.35. The number of halogens is 1. The molecule has 26 heavy (non-hydrogen) atoms. The first-order chi connectivity index (χ1) is 12.5. The molecular formula is C18H13ClN4O2S. The second kappa shape index (κ2) is 6.25. The molecule has 0 bridgehead atoms. The highest BCUT2D eigenvalue weighted by atomic mass is 35.5. The first-order valence-corrected chi connectivity index (χ1v) is 9.65. The first-order valence-electron chi connectivity index (χ1n) is 7.83. The molecule has 8 heteroatoms. The quantitative estimate of drug-likeness (QED) is 0.735. The summed E-state index contributed by atoms with van der Waals surface area (Å²) in [5.74, 6) is 0. The van der Waals surface area contributed by atoms with Gasteiger partial charge in [-0.1, -0.05) is 23.7 Å². The number of nitriles is 1. The van der Waals surface area contributed by atoms with E-state index in [1.54, 1.807) is 36.4 Å². The molecular weight excluding hydrogens is 372 g/mol. The molecule has 4 rings (SSSR count). The lowest BCUT2D eigenvalue weighted by Gasteiger charge is -2.24. The number of fused-ring (bicyclic) bond motifs is 1. The van der Waals surface area contributed by atoms with Crippen LogP contribution in [0, 0.1) is 11.3 Å². The molecule has 1 aromatic heterocycles. The molecule has 0 unspecified atom stereocenters. The van der Waals surface area contributed by atoms with Crippen molar-refractivity contribution in [3.05, 3.63) is 71.0 Å². The Bertz CT molecular complexity index is 1140. The number of nitrogens with zero attached hydrogens (tertiary/aromatic N) is 3. The van der Waals surface area contributed by atoms with E-state index in [1.165, 1.54) is 10.5 Å². The normalized spacial score (nSPS) is 18.8. The third-order valence-corrected chi connectivity index (χ3v) is 6.13. The monoisotopic (exact) mass is 384 g/mol. The minimum Gasteiger partial charge on any atom is -0.249 e. The molecule has 0 radical (unpaired) electrons. The van der Waals surface area contributed by atoms with Crippen molar-refractivity contribution in [1.29, 1.82) is 5.26 Å². The van der Waals surface area contributed by atoms with Gasteiger partial charge < -0.3 is 0 Å². The molecule has 130 valence electrons. The molecule has 1 N–H and O–H groups in total. The standard InChI is InChI=1S/C18H13ClN4O2S/c19-14-3-1-12(2-4-14)18-11-22-26(24,25)23(18)15-5-6-16-13(9-15)7-8-21-17(16)10-20/h1-9,18,22H,11H2/t18-/m1/s1. The van der Waals surface area contributed by atoms with Gasteiger partial charge in [-0.05, 0) is 47.3 Å². The number of pyridine rings is 1. The third kappa shape index (κ3) is 2.78. The van der Waals surface area contributed by atoms with Crippen molar-refractivity contribution in [1.82, 2.24) is 9.71 Å². The van der Waals surface area contributed by atoms with Gasteiger partial charge in [0.15, 0.2) is 0 Å². The van der Waals surface area contributed by atoms with Crippen molar-refractivity contribution in [3.8, 4) is 6.07 Å². The van der Waals surface area contributed by atoms with Crippen LogP contribution < -0.4 is 9.03 Å². The van der Waals surface area contributed by atoms with Gasteiger partial charge in [-0.25, -0.2) is 9.29 Å². The average molecular weight is 385 g/mol. The molecule has 0 amide bonds. The van der Waals surface area contributed by atoms with E-state index >= 15 is 0 Å². The summed E-state index contributed by atoms with van der Waals surface area (Å²) in [7, 11) is -3.66. The Hall–Kier alpha value is -2.66. The van der Waals surface area contributed by atoms with Crippen molar-refractivity contribution in [2.45, 2.75) is 6.04 Å². The number of hydrogen-bond donors (Lipinski definition) is 1. The zero-order valence-corrected chi connectivity index (χ0v) is 15.0. The molecule has 0 aliphatic carbocycles. The van der Waals surface area contributed by atoms with Gasteiger partial charge in [-0.2, -0.15) is 18.4 Å². The van der Waals surface area contributed by atoms with Gasteiger partial charge in [0.25, 0.3) is 0 Å². The van der Waals surface area contributed by atoms with E-state index in [0.29, 0.717) is 21.8 Å². The van der Waals surface area contributed by atoms with Gasteiger partial charge in [0.2, 0.25) is 0 Å². The maximum absolute atomic E-state index is 12.6. The Kier molecular flexibility index (Phi) is 4.04. The van der Waals surface area contributed by atoms with Crippen molar-refractivity contribution >= 4 is 38.3 Å². The summed E-state index contributed by atoms with van der Waals surface area (Å²) in [5, 5.41) is 11.2. The molecule has 0 saturated carbocycles. The number of anilines is 1. The Labute approximate surface area is 155 Å². The summed E-state index contributed by atoms with van der Waals surface area (Å²) in [6.07, 6.45) is 1.54. The van der Waals surface area contributed by atoms with Crippen LogP contribution in [0.2, 0.25) is 5.02 Å². The van der Waals surface area contributed by atoms with Crippen LogP contribution in [0.25, 0.3) is 10.8 Å². The van der Waals surface area contributed by atoms with E-state index in [-0.39, 0.29) is 12.6 Å². The molecule has 6 nitrogen and oxygen atoms in total. The van der Waals surface area contributed by atoms with Gasteiger partial charge >= 0.3 is 10.2 Å². The van der Waals surface area contributed by atoms with Crippen LogP contribution in [0.4, 0.5) is 5.69 Å². The summed E-state index contributed by atoms with van der Waals surface area (Å²) in [5.41, 5.74) is 1.68. The fourth-order valence-electron chi connectivity index (χ4n) is 3.15. The average Bonchev–Trinajstić information content (AvgIpc) is 2.96. The van der Waals surface area contributed by atoms with Crippen molar-refractivity contribution in [3.63, 3.8) is 0 Å². The molecule has 1 aliphatic heterocycles. The van der Waals surface area contributed by atoms with Gasteiger partial charge in [0.1, 0.15) is 11.8 Å². The number of hydrogen-bond acceptors (Lipinski definition) is 4. The predicted molar refractivity (Wildman–Crippen MR) is 100 cm³/mol. The first kappa shape index (κ1) is 16.8. The summed E-state index contributed by atoms with van der Waals surface area (Å²) >= 11 is 5.94. The fourth-order valence-corrected chi connectivity index (χ4v) is 4.71. The largest absolute Gasteiger partial charge is 0.302 e. The maximum Gasteiger partial charge on any atom is 0.302 e. The Morgan fingerprint density at radius 2 is 1.96 bits per heavy atom. The summed E-state index contributed by atoms with van der Waals surface area (Å²) in [6, 6.07) is 15.7. The number of nitrogens with one attached hydrogen (secondary N) is 1. The van der Waals surface area contributed by atoms with Crippen LogP contribution in [-0.2, 0) is 10.2 Å². The highest BCUT2D eigenvalue weighted by Gasteiger charge is 2.38. The molecule has 1 saturated heterocycles. The van der Waals surface area contributed by atoms with E-state index in [4.69, 9.17) is 11.6 Å². The van der Waals surface area contributed by atoms with Crippen LogP contribution in [0.15, 0.2) is 54.7 Å². The van der Waals surface area contributed by atoms with Crippen molar-refractivity contribution in [2.75, 3.05) is 10.8 Å². The van der Waals surface area contributed by atoms with Crippen LogP contribution in [-0.4, -0.2) is 19.9 Å². The molecule has 3 aromatic rings. The lowest BCUT2D eigenvalue weighted by molar-refractivity contribution is 0.591. The second-order valence-electron chi connectivity index (χ2n) is 5.89. The highest BCUT2D eigenvalue weighted by molar-refractivity contribution is 7.91. The van der Waals surface area contributed by atoms with Gasteiger partial charge in [0, 0.05) is 23.2 Å². The molecule has 1 fully saturated rings. The minimum atomic E-state index is -3.66. The smallest absolute Gasteiger partial charge is 0.249 e. The van der Waals surface area contributed by atoms with E-state index < -0.39 is 10.2 Å². The van der Waals surface area contributed by atoms with Crippen LogP contribution >= 0.6 is 11.6 Å².